The third-order valence-corrected chi connectivity index (χ3v) is 15.7. The first-order chi connectivity index (χ1) is 36.2. The summed E-state index contributed by atoms with van der Waals surface area (Å²) in [4.78, 5) is 38.4. The Balaban J connectivity index is 4.28. The van der Waals surface area contributed by atoms with Crippen LogP contribution in [0, 0.1) is 11.8 Å². The van der Waals surface area contributed by atoms with Crippen LogP contribution in [0.25, 0.3) is 0 Å². The first kappa shape index (κ1) is 72.4. The van der Waals surface area contributed by atoms with Gasteiger partial charge in [-0.2, -0.15) is 0 Å². The van der Waals surface area contributed by atoms with Gasteiger partial charge in [-0.05, 0) is 31.1 Å². The van der Waals surface area contributed by atoms with Crippen molar-refractivity contribution in [3.63, 3.8) is 0 Å². The third-order valence-electron chi connectivity index (χ3n) is 15.7. The van der Waals surface area contributed by atoms with E-state index in [9.17, 15) is 14.4 Å². The van der Waals surface area contributed by atoms with Gasteiger partial charge in [-0.15, -0.1) is 0 Å². The van der Waals surface area contributed by atoms with Crippen molar-refractivity contribution in [2.45, 2.75) is 394 Å². The molecular weight excluding hydrogens is 913 g/mol. The number of esters is 3. The van der Waals surface area contributed by atoms with Crippen molar-refractivity contribution in [2.75, 3.05) is 13.2 Å². The molecule has 0 radical (unpaired) electrons. The topological polar surface area (TPSA) is 78.9 Å². The normalized spacial score (nSPS) is 12.0. The highest BCUT2D eigenvalue weighted by molar-refractivity contribution is 5.71. The molecule has 0 aromatic rings. The van der Waals surface area contributed by atoms with Crippen LogP contribution < -0.4 is 0 Å². The summed E-state index contributed by atoms with van der Waals surface area (Å²) < 4.78 is 17.0. The van der Waals surface area contributed by atoms with Gasteiger partial charge in [0.05, 0.1) is 0 Å². The molecule has 0 aliphatic rings. The monoisotopic (exact) mass is 1050 g/mol. The zero-order valence-electron chi connectivity index (χ0n) is 51.0. The second kappa shape index (κ2) is 60.6. The van der Waals surface area contributed by atoms with E-state index in [0.717, 1.165) is 69.6 Å². The minimum absolute atomic E-state index is 0.0614. The predicted octanol–water partition coefficient (Wildman–Crippen LogP) is 22.8. The molecule has 0 aromatic carbocycles. The average Bonchev–Trinajstić information content (AvgIpc) is 3.38. The summed E-state index contributed by atoms with van der Waals surface area (Å²) in [5.74, 6) is 0.876. The average molecular weight is 1050 g/mol. The molecular formula is C68H132O6. The molecule has 0 aliphatic heterocycles. The van der Waals surface area contributed by atoms with Crippen molar-refractivity contribution in [2.24, 2.45) is 11.8 Å². The van der Waals surface area contributed by atoms with E-state index >= 15 is 0 Å². The van der Waals surface area contributed by atoms with Crippen molar-refractivity contribution in [1.29, 1.82) is 0 Å². The van der Waals surface area contributed by atoms with E-state index in [1.165, 1.54) is 276 Å². The largest absolute Gasteiger partial charge is 0.462 e. The van der Waals surface area contributed by atoms with Gasteiger partial charge in [0.2, 0.25) is 0 Å². The second-order valence-corrected chi connectivity index (χ2v) is 24.4. The molecule has 0 rings (SSSR count). The summed E-state index contributed by atoms with van der Waals surface area (Å²) in [6, 6.07) is 0. The van der Waals surface area contributed by atoms with Crippen molar-refractivity contribution in [1.82, 2.24) is 0 Å². The van der Waals surface area contributed by atoms with Gasteiger partial charge in [0.1, 0.15) is 13.2 Å². The molecule has 6 nitrogen and oxygen atoms in total. The number of hydrogen-bond donors (Lipinski definition) is 0. The molecule has 0 aromatic heterocycles. The fraction of sp³-hybridized carbons (Fsp3) is 0.956. The zero-order chi connectivity index (χ0) is 53.9. The molecule has 0 amide bonds. The van der Waals surface area contributed by atoms with Gasteiger partial charge in [-0.25, -0.2) is 0 Å². The van der Waals surface area contributed by atoms with Crippen LogP contribution in [-0.4, -0.2) is 37.2 Å². The molecule has 0 spiro atoms. The van der Waals surface area contributed by atoms with Crippen molar-refractivity contribution < 1.29 is 28.6 Å². The molecule has 0 heterocycles. The highest BCUT2D eigenvalue weighted by Gasteiger charge is 2.19. The summed E-state index contributed by atoms with van der Waals surface area (Å²) in [5, 5.41) is 0. The van der Waals surface area contributed by atoms with Gasteiger partial charge in [0, 0.05) is 19.3 Å². The Bertz CT molecular complexity index is 1140. The fourth-order valence-electron chi connectivity index (χ4n) is 10.6. The summed E-state index contributed by atoms with van der Waals surface area (Å²) >= 11 is 0. The summed E-state index contributed by atoms with van der Waals surface area (Å²) in [5.41, 5.74) is 0. The molecule has 0 fully saturated rings. The predicted molar refractivity (Wildman–Crippen MR) is 321 cm³/mol. The molecule has 0 aliphatic carbocycles. The van der Waals surface area contributed by atoms with Crippen molar-refractivity contribution in [3.8, 4) is 0 Å². The molecule has 6 heteroatoms. The van der Waals surface area contributed by atoms with Crippen LogP contribution in [0.3, 0.4) is 0 Å². The molecule has 440 valence electrons. The first-order valence-electron chi connectivity index (χ1n) is 33.7. The SMILES string of the molecule is CCCCCCCCCCCCCCCCCCCCC(=O)OC[C@@H](COC(=O)CCCCCCCCCCCCCCCCC(C)C)OC(=O)CCCCCCCCCCCCCCCCCCCCC(C)C. The van der Waals surface area contributed by atoms with Gasteiger partial charge < -0.3 is 14.2 Å². The van der Waals surface area contributed by atoms with E-state index in [1.54, 1.807) is 0 Å². The standard InChI is InChI=1S/C68H132O6/c1-6-7-8-9-10-11-12-13-14-15-19-22-28-33-38-43-48-53-58-66(69)72-61-65(62-73-67(70)59-54-49-44-39-34-29-25-24-27-32-37-42-47-52-57-64(4)5)74-68(71)60-55-50-45-40-35-30-23-20-17-16-18-21-26-31-36-41-46-51-56-63(2)3/h63-65H,6-62H2,1-5H3/t65-/m0/s1. The Morgan fingerprint density at radius 2 is 0.446 bits per heavy atom. The van der Waals surface area contributed by atoms with E-state index < -0.39 is 6.10 Å². The summed E-state index contributed by atoms with van der Waals surface area (Å²) in [6.07, 6.45) is 68.3. The van der Waals surface area contributed by atoms with Gasteiger partial charge in [-0.1, -0.05) is 349 Å². The third kappa shape index (κ3) is 61.3. The van der Waals surface area contributed by atoms with Gasteiger partial charge in [0.25, 0.3) is 0 Å². The minimum Gasteiger partial charge on any atom is -0.462 e. The smallest absolute Gasteiger partial charge is 0.306 e. The molecule has 0 unspecified atom stereocenters. The van der Waals surface area contributed by atoms with Crippen LogP contribution in [0.4, 0.5) is 0 Å². The molecule has 0 saturated heterocycles. The Morgan fingerprint density at radius 1 is 0.257 bits per heavy atom. The van der Waals surface area contributed by atoms with Crippen molar-refractivity contribution in [3.05, 3.63) is 0 Å². The Kier molecular flexibility index (Phi) is 59.3. The second-order valence-electron chi connectivity index (χ2n) is 24.4. The maximum Gasteiger partial charge on any atom is 0.306 e. The lowest BCUT2D eigenvalue weighted by molar-refractivity contribution is -0.167. The Hall–Kier alpha value is -1.59. The van der Waals surface area contributed by atoms with Crippen LogP contribution in [0.2, 0.25) is 0 Å². The number of unbranched alkanes of at least 4 members (excludes halogenated alkanes) is 47. The van der Waals surface area contributed by atoms with E-state index in [2.05, 4.69) is 34.6 Å². The highest BCUT2D eigenvalue weighted by atomic mass is 16.6. The summed E-state index contributed by atoms with van der Waals surface area (Å²) in [7, 11) is 0. The summed E-state index contributed by atoms with van der Waals surface area (Å²) in [6.45, 7) is 11.5. The number of rotatable bonds is 62. The van der Waals surface area contributed by atoms with E-state index in [0.29, 0.717) is 19.3 Å². The Labute approximate surface area is 463 Å². The van der Waals surface area contributed by atoms with E-state index in [-0.39, 0.29) is 31.1 Å². The first-order valence-corrected chi connectivity index (χ1v) is 33.7. The van der Waals surface area contributed by atoms with Crippen LogP contribution in [0.15, 0.2) is 0 Å². The van der Waals surface area contributed by atoms with Crippen LogP contribution in [-0.2, 0) is 28.6 Å². The number of ether oxygens (including phenoxy) is 3. The fourth-order valence-corrected chi connectivity index (χ4v) is 10.6. The minimum atomic E-state index is -0.764. The lowest BCUT2D eigenvalue weighted by atomic mass is 10.0. The van der Waals surface area contributed by atoms with Crippen molar-refractivity contribution >= 4 is 17.9 Å². The maximum absolute atomic E-state index is 12.9. The maximum atomic E-state index is 12.9. The molecule has 0 bridgehead atoms. The van der Waals surface area contributed by atoms with E-state index in [1.807, 2.05) is 0 Å². The zero-order valence-corrected chi connectivity index (χ0v) is 51.0. The quantitative estimate of drug-likeness (QED) is 0.0343. The highest BCUT2D eigenvalue weighted by Crippen LogP contribution is 2.19. The van der Waals surface area contributed by atoms with Crippen LogP contribution >= 0.6 is 0 Å². The van der Waals surface area contributed by atoms with Gasteiger partial charge in [-0.3, -0.25) is 14.4 Å². The number of carbonyl (C=O) groups excluding carboxylic acids is 3. The molecule has 0 saturated carbocycles. The number of carbonyl (C=O) groups is 3. The molecule has 0 N–H and O–H groups in total. The number of hydrogen-bond acceptors (Lipinski definition) is 6. The van der Waals surface area contributed by atoms with Crippen LogP contribution in [0.5, 0.6) is 0 Å². The van der Waals surface area contributed by atoms with Gasteiger partial charge >= 0.3 is 17.9 Å². The lowest BCUT2D eigenvalue weighted by Gasteiger charge is -2.18. The molecule has 74 heavy (non-hydrogen) atoms. The van der Waals surface area contributed by atoms with Gasteiger partial charge in [0.15, 0.2) is 6.10 Å². The lowest BCUT2D eigenvalue weighted by Crippen LogP contribution is -2.30. The van der Waals surface area contributed by atoms with E-state index in [4.69, 9.17) is 14.2 Å². The Morgan fingerprint density at radius 3 is 0.662 bits per heavy atom. The van der Waals surface area contributed by atoms with Crippen LogP contribution in [0.1, 0.15) is 388 Å². The molecule has 1 atom stereocenters.